The molecule has 7 heteroatoms. The summed E-state index contributed by atoms with van der Waals surface area (Å²) in [6, 6.07) is 12.5. The highest BCUT2D eigenvalue weighted by Crippen LogP contribution is 2.27. The van der Waals surface area contributed by atoms with Gasteiger partial charge in [0, 0.05) is 5.69 Å². The molecule has 0 spiro atoms. The van der Waals surface area contributed by atoms with E-state index < -0.39 is 36.3 Å². The zero-order chi connectivity index (χ0) is 21.1. The van der Waals surface area contributed by atoms with Gasteiger partial charge >= 0.3 is 5.97 Å². The summed E-state index contributed by atoms with van der Waals surface area (Å²) in [6.45, 7) is 4.83. The second kappa shape index (κ2) is 8.26. The number of imide groups is 1. The fourth-order valence-corrected chi connectivity index (χ4v) is 3.19. The Kier molecular flexibility index (Phi) is 5.77. The number of anilines is 1. The zero-order valence-electron chi connectivity index (χ0n) is 16.5. The number of esters is 1. The molecular weight excluding hydrogens is 372 g/mol. The molecule has 150 valence electrons. The molecule has 1 aliphatic heterocycles. The number of benzene rings is 2. The molecule has 0 saturated heterocycles. The minimum Gasteiger partial charge on any atom is -0.454 e. The van der Waals surface area contributed by atoms with Gasteiger partial charge in [-0.25, -0.2) is 4.79 Å². The fraction of sp³-hybridized carbons (Fsp3) is 0.273. The third-order valence-corrected chi connectivity index (χ3v) is 4.66. The number of nitrogens with one attached hydrogen (secondary N) is 1. The summed E-state index contributed by atoms with van der Waals surface area (Å²) in [5, 5.41) is 2.63. The molecule has 1 aliphatic rings. The zero-order valence-corrected chi connectivity index (χ0v) is 16.5. The first-order valence-corrected chi connectivity index (χ1v) is 9.29. The Morgan fingerprint density at radius 2 is 1.52 bits per heavy atom. The predicted molar refractivity (Wildman–Crippen MR) is 106 cm³/mol. The summed E-state index contributed by atoms with van der Waals surface area (Å²) in [5.41, 5.74) is 2.15. The smallest absolute Gasteiger partial charge is 0.330 e. The van der Waals surface area contributed by atoms with Crippen molar-refractivity contribution in [3.05, 3.63) is 65.2 Å². The molecule has 0 radical (unpaired) electrons. The SMILES string of the molecule is Cc1ccc(NC(=O)COC(=O)[C@@H](C(C)C)N2C(=O)c3ccccc3C2=O)cc1. The van der Waals surface area contributed by atoms with Crippen LogP contribution in [0.25, 0.3) is 0 Å². The number of hydrogen-bond acceptors (Lipinski definition) is 5. The molecule has 7 nitrogen and oxygen atoms in total. The van der Waals surface area contributed by atoms with Crippen molar-refractivity contribution in [2.45, 2.75) is 26.8 Å². The number of fused-ring (bicyclic) bond motifs is 1. The van der Waals surface area contributed by atoms with Crippen LogP contribution < -0.4 is 5.32 Å². The molecule has 0 aromatic heterocycles. The molecule has 0 saturated carbocycles. The average Bonchev–Trinajstić information content (AvgIpc) is 2.94. The summed E-state index contributed by atoms with van der Waals surface area (Å²) in [6.07, 6.45) is 0. The Labute approximate surface area is 168 Å². The standard InChI is InChI=1S/C22H22N2O5/c1-13(2)19(24-20(26)16-6-4-5-7-17(16)21(24)27)22(28)29-12-18(25)23-15-10-8-14(3)9-11-15/h4-11,13,19H,12H2,1-3H3,(H,23,25)/t19-/m1/s1. The lowest BCUT2D eigenvalue weighted by molar-refractivity contribution is -0.152. The van der Waals surface area contributed by atoms with E-state index in [9.17, 15) is 19.2 Å². The average molecular weight is 394 g/mol. The minimum absolute atomic E-state index is 0.257. The number of nitrogens with zero attached hydrogens (tertiary/aromatic N) is 1. The van der Waals surface area contributed by atoms with Crippen LogP contribution >= 0.6 is 0 Å². The number of hydrogen-bond donors (Lipinski definition) is 1. The predicted octanol–water partition coefficient (Wildman–Crippen LogP) is 2.80. The second-order valence-electron chi connectivity index (χ2n) is 7.24. The quantitative estimate of drug-likeness (QED) is 0.601. The van der Waals surface area contributed by atoms with E-state index in [1.54, 1.807) is 50.2 Å². The Morgan fingerprint density at radius 3 is 2.03 bits per heavy atom. The van der Waals surface area contributed by atoms with Crippen molar-refractivity contribution >= 4 is 29.4 Å². The lowest BCUT2D eigenvalue weighted by atomic mass is 10.0. The number of aryl methyl sites for hydroxylation is 1. The summed E-state index contributed by atoms with van der Waals surface area (Å²) >= 11 is 0. The Hall–Kier alpha value is -3.48. The van der Waals surface area contributed by atoms with Gasteiger partial charge in [-0.2, -0.15) is 0 Å². The van der Waals surface area contributed by atoms with Crippen LogP contribution in [0, 0.1) is 12.8 Å². The molecule has 1 atom stereocenters. The molecule has 3 amide bonds. The Balaban J connectivity index is 1.67. The second-order valence-corrected chi connectivity index (χ2v) is 7.24. The van der Waals surface area contributed by atoms with E-state index in [0.717, 1.165) is 10.5 Å². The summed E-state index contributed by atoms with van der Waals surface area (Å²) in [5.74, 6) is -2.76. The number of carbonyl (C=O) groups excluding carboxylic acids is 4. The van der Waals surface area contributed by atoms with Crippen LogP contribution in [0.4, 0.5) is 5.69 Å². The highest BCUT2D eigenvalue weighted by atomic mass is 16.5. The van der Waals surface area contributed by atoms with Crippen molar-refractivity contribution in [2.24, 2.45) is 5.92 Å². The van der Waals surface area contributed by atoms with Crippen molar-refractivity contribution in [1.29, 1.82) is 0 Å². The molecule has 2 aromatic rings. The molecule has 1 heterocycles. The number of ether oxygens (including phenoxy) is 1. The van der Waals surface area contributed by atoms with Gasteiger partial charge < -0.3 is 10.1 Å². The molecule has 29 heavy (non-hydrogen) atoms. The van der Waals surface area contributed by atoms with Crippen molar-refractivity contribution in [3.63, 3.8) is 0 Å². The van der Waals surface area contributed by atoms with Crippen LogP contribution in [-0.2, 0) is 14.3 Å². The first-order chi connectivity index (χ1) is 13.8. The van der Waals surface area contributed by atoms with E-state index in [4.69, 9.17) is 4.74 Å². The van der Waals surface area contributed by atoms with E-state index in [-0.39, 0.29) is 17.0 Å². The van der Waals surface area contributed by atoms with Crippen LogP contribution in [0.15, 0.2) is 48.5 Å². The van der Waals surface area contributed by atoms with Crippen LogP contribution in [0.2, 0.25) is 0 Å². The van der Waals surface area contributed by atoms with Gasteiger partial charge in [0.15, 0.2) is 6.61 Å². The topological polar surface area (TPSA) is 92.8 Å². The van der Waals surface area contributed by atoms with Crippen LogP contribution in [0.3, 0.4) is 0 Å². The summed E-state index contributed by atoms with van der Waals surface area (Å²) in [4.78, 5) is 51.0. The maximum absolute atomic E-state index is 12.7. The van der Waals surface area contributed by atoms with Crippen molar-refractivity contribution in [2.75, 3.05) is 11.9 Å². The number of carbonyl (C=O) groups is 4. The number of rotatable bonds is 6. The van der Waals surface area contributed by atoms with Gasteiger partial charge in [0.05, 0.1) is 11.1 Å². The molecular formula is C22H22N2O5. The Bertz CT molecular complexity index is 930. The van der Waals surface area contributed by atoms with E-state index in [1.165, 1.54) is 0 Å². The monoisotopic (exact) mass is 394 g/mol. The number of amides is 3. The van der Waals surface area contributed by atoms with Gasteiger partial charge in [0.25, 0.3) is 17.7 Å². The van der Waals surface area contributed by atoms with Crippen LogP contribution in [-0.4, -0.2) is 41.2 Å². The third kappa shape index (κ3) is 4.18. The van der Waals surface area contributed by atoms with Crippen molar-refractivity contribution in [1.82, 2.24) is 4.90 Å². The maximum Gasteiger partial charge on any atom is 0.330 e. The molecule has 0 aliphatic carbocycles. The van der Waals surface area contributed by atoms with E-state index in [0.29, 0.717) is 5.69 Å². The van der Waals surface area contributed by atoms with Gasteiger partial charge in [0.1, 0.15) is 6.04 Å². The lowest BCUT2D eigenvalue weighted by Crippen LogP contribution is -2.49. The normalized spacial score (nSPS) is 14.0. The highest BCUT2D eigenvalue weighted by Gasteiger charge is 2.44. The van der Waals surface area contributed by atoms with E-state index >= 15 is 0 Å². The molecule has 0 unspecified atom stereocenters. The van der Waals surface area contributed by atoms with E-state index in [2.05, 4.69) is 5.32 Å². The van der Waals surface area contributed by atoms with Crippen LogP contribution in [0.5, 0.6) is 0 Å². The maximum atomic E-state index is 12.7. The summed E-state index contributed by atoms with van der Waals surface area (Å²) < 4.78 is 5.13. The van der Waals surface area contributed by atoms with Gasteiger partial charge in [-0.15, -0.1) is 0 Å². The van der Waals surface area contributed by atoms with Crippen molar-refractivity contribution in [3.8, 4) is 0 Å². The largest absolute Gasteiger partial charge is 0.454 e. The van der Waals surface area contributed by atoms with Gasteiger partial charge in [-0.3, -0.25) is 19.3 Å². The molecule has 0 bridgehead atoms. The van der Waals surface area contributed by atoms with Gasteiger partial charge in [0.2, 0.25) is 0 Å². The molecule has 2 aromatic carbocycles. The van der Waals surface area contributed by atoms with Gasteiger partial charge in [-0.1, -0.05) is 43.7 Å². The van der Waals surface area contributed by atoms with Gasteiger partial charge in [-0.05, 0) is 37.1 Å². The summed E-state index contributed by atoms with van der Waals surface area (Å²) in [7, 11) is 0. The van der Waals surface area contributed by atoms with Crippen LogP contribution in [0.1, 0.15) is 40.1 Å². The molecule has 0 fully saturated rings. The fourth-order valence-electron chi connectivity index (χ4n) is 3.19. The first kappa shape index (κ1) is 20.3. The van der Waals surface area contributed by atoms with Crippen molar-refractivity contribution < 1.29 is 23.9 Å². The van der Waals surface area contributed by atoms with E-state index in [1.807, 2.05) is 19.1 Å². The minimum atomic E-state index is -1.12. The Morgan fingerprint density at radius 1 is 0.966 bits per heavy atom. The lowest BCUT2D eigenvalue weighted by Gasteiger charge is -2.27. The first-order valence-electron chi connectivity index (χ1n) is 9.29. The third-order valence-electron chi connectivity index (χ3n) is 4.66. The molecule has 3 rings (SSSR count). The highest BCUT2D eigenvalue weighted by molar-refractivity contribution is 6.22. The molecule has 1 N–H and O–H groups in total.